The molecule has 5 rings (SSSR count). The predicted octanol–water partition coefficient (Wildman–Crippen LogP) is 1.80. The molecule has 2 amide bonds. The van der Waals surface area contributed by atoms with Gasteiger partial charge in [0.15, 0.2) is 11.5 Å². The van der Waals surface area contributed by atoms with Gasteiger partial charge in [0, 0.05) is 36.9 Å². The molecule has 0 aliphatic carbocycles. The monoisotopic (exact) mass is 420 g/mol. The van der Waals surface area contributed by atoms with E-state index in [2.05, 4.69) is 25.7 Å². The van der Waals surface area contributed by atoms with Gasteiger partial charge < -0.3 is 21.3 Å². The summed E-state index contributed by atoms with van der Waals surface area (Å²) in [5, 5.41) is 10.6. The van der Waals surface area contributed by atoms with Crippen molar-refractivity contribution in [1.82, 2.24) is 19.6 Å². The van der Waals surface area contributed by atoms with Crippen LogP contribution < -0.4 is 21.3 Å². The second-order valence-corrected chi connectivity index (χ2v) is 9.02. The second kappa shape index (κ2) is 6.40. The Balaban J connectivity index is 1.43. The van der Waals surface area contributed by atoms with E-state index in [1.807, 2.05) is 43.9 Å². The summed E-state index contributed by atoms with van der Waals surface area (Å²) in [6.45, 7) is 6.84. The van der Waals surface area contributed by atoms with Gasteiger partial charge in [0.1, 0.15) is 0 Å². The second-order valence-electron chi connectivity index (χ2n) is 9.02. The van der Waals surface area contributed by atoms with Crippen LogP contribution in [0.25, 0.3) is 5.65 Å². The molecule has 3 aromatic rings. The first kappa shape index (κ1) is 19.3. The lowest BCUT2D eigenvalue weighted by Gasteiger charge is -2.21. The van der Waals surface area contributed by atoms with Crippen LogP contribution in [0.15, 0.2) is 30.6 Å². The molecule has 160 valence electrons. The van der Waals surface area contributed by atoms with Gasteiger partial charge in [-0.05, 0) is 44.9 Å². The number of nitrogens with zero attached hydrogens (tertiary/aromatic N) is 5. The van der Waals surface area contributed by atoms with E-state index in [1.165, 1.54) is 0 Å². The lowest BCUT2D eigenvalue weighted by Crippen LogP contribution is -2.37. The van der Waals surface area contributed by atoms with E-state index in [4.69, 9.17) is 5.73 Å². The molecule has 0 bridgehead atoms. The SMILES string of the molecule is CC1(C(N)=O)CCN(c2nccn3nc(Nc4ccc5c(c4)NC(=O)C5(C)C)nc23)C1. The summed E-state index contributed by atoms with van der Waals surface area (Å²) in [5.41, 5.74) is 7.56. The van der Waals surface area contributed by atoms with Crippen LogP contribution in [0.4, 0.5) is 23.1 Å². The van der Waals surface area contributed by atoms with Gasteiger partial charge in [-0.2, -0.15) is 4.98 Å². The molecule has 2 aliphatic heterocycles. The van der Waals surface area contributed by atoms with Crippen molar-refractivity contribution in [1.29, 1.82) is 0 Å². The number of aromatic nitrogens is 4. The van der Waals surface area contributed by atoms with Crippen LogP contribution in [-0.2, 0) is 15.0 Å². The average Bonchev–Trinajstić information content (AvgIpc) is 3.37. The molecule has 1 saturated heterocycles. The number of primary amides is 1. The zero-order chi connectivity index (χ0) is 22.0. The molecular formula is C21H24N8O2. The van der Waals surface area contributed by atoms with Crippen LogP contribution in [0.2, 0.25) is 0 Å². The first-order valence-electron chi connectivity index (χ1n) is 10.2. The Kier molecular flexibility index (Phi) is 3.98. The number of carbonyl (C=O) groups excluding carboxylic acids is 2. The van der Waals surface area contributed by atoms with Crippen molar-refractivity contribution < 1.29 is 9.59 Å². The third-order valence-corrected chi connectivity index (χ3v) is 6.37. The van der Waals surface area contributed by atoms with Crippen LogP contribution in [0.3, 0.4) is 0 Å². The van der Waals surface area contributed by atoms with Crippen LogP contribution in [0.1, 0.15) is 32.8 Å². The van der Waals surface area contributed by atoms with Crippen molar-refractivity contribution in [3.8, 4) is 0 Å². The maximum absolute atomic E-state index is 12.2. The van der Waals surface area contributed by atoms with E-state index in [1.54, 1.807) is 16.9 Å². The van der Waals surface area contributed by atoms with Crippen LogP contribution in [0, 0.1) is 5.41 Å². The van der Waals surface area contributed by atoms with Crippen LogP contribution >= 0.6 is 0 Å². The van der Waals surface area contributed by atoms with Crippen molar-refractivity contribution in [3.63, 3.8) is 0 Å². The number of carbonyl (C=O) groups is 2. The minimum atomic E-state index is -0.585. The predicted molar refractivity (Wildman–Crippen MR) is 116 cm³/mol. The summed E-state index contributed by atoms with van der Waals surface area (Å²) in [6, 6.07) is 5.73. The standard InChI is InChI=1S/C21H24N8O2/c1-20(2)13-5-4-12(10-14(13)25-18(20)31)24-19-26-16-15(23-7-9-29(16)27-19)28-8-6-21(3,11-28)17(22)30/h4-5,7,9-10H,6,8,11H2,1-3H3,(H2,22,30)(H,24,27)(H,25,31). The summed E-state index contributed by atoms with van der Waals surface area (Å²) >= 11 is 0. The van der Waals surface area contributed by atoms with Gasteiger partial charge in [0.05, 0.1) is 10.8 Å². The van der Waals surface area contributed by atoms with E-state index in [0.29, 0.717) is 36.9 Å². The number of anilines is 4. The van der Waals surface area contributed by atoms with Gasteiger partial charge in [-0.1, -0.05) is 6.07 Å². The van der Waals surface area contributed by atoms with Crippen molar-refractivity contribution in [3.05, 3.63) is 36.2 Å². The van der Waals surface area contributed by atoms with Crippen molar-refractivity contribution >= 4 is 40.6 Å². The van der Waals surface area contributed by atoms with Gasteiger partial charge in [-0.25, -0.2) is 9.50 Å². The topological polar surface area (TPSA) is 131 Å². The Labute approximate surface area is 178 Å². The number of fused-ring (bicyclic) bond motifs is 2. The molecule has 4 heterocycles. The summed E-state index contributed by atoms with van der Waals surface area (Å²) in [6.07, 6.45) is 4.06. The lowest BCUT2D eigenvalue weighted by molar-refractivity contribution is -0.125. The smallest absolute Gasteiger partial charge is 0.247 e. The first-order valence-corrected chi connectivity index (χ1v) is 10.2. The van der Waals surface area contributed by atoms with E-state index < -0.39 is 10.8 Å². The lowest BCUT2D eigenvalue weighted by atomic mass is 9.86. The molecule has 0 spiro atoms. The minimum absolute atomic E-state index is 0.0187. The number of nitrogens with one attached hydrogen (secondary N) is 2. The molecule has 2 aliphatic rings. The maximum atomic E-state index is 12.2. The third kappa shape index (κ3) is 2.97. The Hall–Kier alpha value is -3.69. The Morgan fingerprint density at radius 3 is 2.84 bits per heavy atom. The summed E-state index contributed by atoms with van der Waals surface area (Å²) in [4.78, 5) is 35.1. The largest absolute Gasteiger partial charge is 0.369 e. The fraction of sp³-hybridized carbons (Fsp3) is 0.381. The molecule has 4 N–H and O–H groups in total. The van der Waals surface area contributed by atoms with E-state index in [9.17, 15) is 9.59 Å². The van der Waals surface area contributed by atoms with Gasteiger partial charge >= 0.3 is 0 Å². The molecule has 0 radical (unpaired) electrons. The third-order valence-electron chi connectivity index (χ3n) is 6.37. The number of benzene rings is 1. The van der Waals surface area contributed by atoms with Crippen LogP contribution in [-0.4, -0.2) is 44.5 Å². The summed E-state index contributed by atoms with van der Waals surface area (Å²) in [5.74, 6) is 0.748. The molecule has 31 heavy (non-hydrogen) atoms. The van der Waals surface area contributed by atoms with Gasteiger partial charge in [-0.15, -0.1) is 5.10 Å². The molecule has 0 saturated carbocycles. The average molecular weight is 420 g/mol. The fourth-order valence-electron chi connectivity index (χ4n) is 4.22. The quantitative estimate of drug-likeness (QED) is 0.586. The van der Waals surface area contributed by atoms with E-state index in [0.717, 1.165) is 16.9 Å². The molecule has 1 aromatic carbocycles. The highest BCUT2D eigenvalue weighted by atomic mass is 16.2. The number of rotatable bonds is 4. The fourth-order valence-corrected chi connectivity index (χ4v) is 4.22. The van der Waals surface area contributed by atoms with Crippen molar-refractivity contribution in [2.75, 3.05) is 28.6 Å². The maximum Gasteiger partial charge on any atom is 0.247 e. The zero-order valence-corrected chi connectivity index (χ0v) is 17.6. The normalized spacial score (nSPS) is 21.9. The number of hydrogen-bond acceptors (Lipinski definition) is 7. The number of amides is 2. The Morgan fingerprint density at radius 2 is 2.10 bits per heavy atom. The zero-order valence-electron chi connectivity index (χ0n) is 17.6. The highest BCUT2D eigenvalue weighted by Gasteiger charge is 2.40. The Bertz CT molecular complexity index is 1230. The molecule has 2 aromatic heterocycles. The summed E-state index contributed by atoms with van der Waals surface area (Å²) in [7, 11) is 0. The molecule has 10 nitrogen and oxygen atoms in total. The molecule has 10 heteroatoms. The summed E-state index contributed by atoms with van der Waals surface area (Å²) < 4.78 is 1.66. The molecule has 1 unspecified atom stereocenters. The van der Waals surface area contributed by atoms with Gasteiger partial charge in [0.25, 0.3) is 0 Å². The van der Waals surface area contributed by atoms with E-state index in [-0.39, 0.29) is 11.8 Å². The molecule has 1 atom stereocenters. The number of nitrogens with two attached hydrogens (primary N) is 1. The van der Waals surface area contributed by atoms with Gasteiger partial charge in [0.2, 0.25) is 17.8 Å². The molecule has 1 fully saturated rings. The van der Waals surface area contributed by atoms with Crippen LogP contribution in [0.5, 0.6) is 0 Å². The highest BCUT2D eigenvalue weighted by Crippen LogP contribution is 2.39. The Morgan fingerprint density at radius 1 is 1.29 bits per heavy atom. The van der Waals surface area contributed by atoms with Crippen molar-refractivity contribution in [2.24, 2.45) is 11.1 Å². The number of hydrogen-bond donors (Lipinski definition) is 3. The van der Waals surface area contributed by atoms with E-state index >= 15 is 0 Å². The van der Waals surface area contributed by atoms with Crippen molar-refractivity contribution in [2.45, 2.75) is 32.6 Å². The first-order chi connectivity index (χ1) is 14.7. The molecular weight excluding hydrogens is 396 g/mol. The van der Waals surface area contributed by atoms with Gasteiger partial charge in [-0.3, -0.25) is 9.59 Å². The minimum Gasteiger partial charge on any atom is -0.369 e. The highest BCUT2D eigenvalue weighted by molar-refractivity contribution is 6.06.